The van der Waals surface area contributed by atoms with Gasteiger partial charge in [-0.15, -0.1) is 12.6 Å². The van der Waals surface area contributed by atoms with Crippen LogP contribution in [-0.2, 0) is 0 Å². The van der Waals surface area contributed by atoms with Crippen LogP contribution in [0.25, 0.3) is 21.5 Å². The highest BCUT2D eigenvalue weighted by molar-refractivity contribution is 7.80. The van der Waals surface area contributed by atoms with Crippen LogP contribution < -0.4 is 5.32 Å². The number of hydrogen-bond acceptors (Lipinski definition) is 2. The SMILES string of the molecule is CC.O=C(Nc1ccc(S)cc1)c1ccc2cc3ccccc3cc2c1. The maximum Gasteiger partial charge on any atom is 0.255 e. The van der Waals surface area contributed by atoms with Crippen molar-refractivity contribution in [3.05, 3.63) is 84.4 Å². The lowest BCUT2D eigenvalue weighted by Crippen LogP contribution is -2.11. The first kappa shape index (κ1) is 18.0. The summed E-state index contributed by atoms with van der Waals surface area (Å²) in [5.74, 6) is -0.114. The summed E-state index contributed by atoms with van der Waals surface area (Å²) >= 11 is 4.25. The van der Waals surface area contributed by atoms with Gasteiger partial charge >= 0.3 is 0 Å². The third-order valence-corrected chi connectivity index (χ3v) is 4.39. The van der Waals surface area contributed by atoms with Crippen LogP contribution in [0, 0.1) is 0 Å². The average Bonchev–Trinajstić information content (AvgIpc) is 2.69. The van der Waals surface area contributed by atoms with Gasteiger partial charge in [0, 0.05) is 16.1 Å². The van der Waals surface area contributed by atoms with E-state index < -0.39 is 0 Å². The summed E-state index contributed by atoms with van der Waals surface area (Å²) < 4.78 is 0. The van der Waals surface area contributed by atoms with Crippen molar-refractivity contribution >= 4 is 45.8 Å². The Hall–Kier alpha value is -2.78. The molecule has 1 N–H and O–H groups in total. The standard InChI is InChI=1S/C21H15NOS.C2H6/c23-21(22-19-7-9-20(24)10-8-19)17-6-5-16-11-14-3-1-2-4-15(14)12-18(16)13-17;1-2/h1-13,24H,(H,22,23);1-2H3. The molecule has 0 fully saturated rings. The lowest BCUT2D eigenvalue weighted by molar-refractivity contribution is 0.102. The summed E-state index contributed by atoms with van der Waals surface area (Å²) in [5.41, 5.74) is 1.41. The fourth-order valence-electron chi connectivity index (χ4n) is 2.83. The number of rotatable bonds is 2. The van der Waals surface area contributed by atoms with Crippen LogP contribution in [0.4, 0.5) is 5.69 Å². The van der Waals surface area contributed by atoms with Crippen molar-refractivity contribution in [1.82, 2.24) is 0 Å². The van der Waals surface area contributed by atoms with Crippen LogP contribution in [0.15, 0.2) is 83.8 Å². The van der Waals surface area contributed by atoms with Crippen molar-refractivity contribution < 1.29 is 4.79 Å². The number of nitrogens with one attached hydrogen (secondary N) is 1. The lowest BCUT2D eigenvalue weighted by Gasteiger charge is -2.07. The minimum absolute atomic E-state index is 0.114. The zero-order valence-electron chi connectivity index (χ0n) is 14.9. The van der Waals surface area contributed by atoms with Gasteiger partial charge in [-0.2, -0.15) is 0 Å². The smallest absolute Gasteiger partial charge is 0.255 e. The second-order valence-electron chi connectivity index (χ2n) is 5.76. The summed E-state index contributed by atoms with van der Waals surface area (Å²) in [7, 11) is 0. The van der Waals surface area contributed by atoms with Crippen LogP contribution in [0.3, 0.4) is 0 Å². The zero-order chi connectivity index (χ0) is 18.5. The summed E-state index contributed by atoms with van der Waals surface area (Å²) in [4.78, 5) is 13.3. The molecule has 3 heteroatoms. The van der Waals surface area contributed by atoms with E-state index >= 15 is 0 Å². The highest BCUT2D eigenvalue weighted by atomic mass is 32.1. The summed E-state index contributed by atoms with van der Waals surface area (Å²) in [6.45, 7) is 4.00. The summed E-state index contributed by atoms with van der Waals surface area (Å²) in [5, 5.41) is 7.48. The Morgan fingerprint density at radius 2 is 1.31 bits per heavy atom. The highest BCUT2D eigenvalue weighted by Crippen LogP contribution is 2.24. The number of benzene rings is 4. The summed E-state index contributed by atoms with van der Waals surface area (Å²) in [6, 6.07) is 25.7. The predicted molar refractivity (Wildman–Crippen MR) is 114 cm³/mol. The number of fused-ring (bicyclic) bond motifs is 2. The van der Waals surface area contributed by atoms with E-state index in [0.717, 1.165) is 21.4 Å². The maximum absolute atomic E-state index is 12.5. The van der Waals surface area contributed by atoms with E-state index in [1.807, 2.05) is 68.4 Å². The Labute approximate surface area is 159 Å². The number of thiol groups is 1. The van der Waals surface area contributed by atoms with Gasteiger partial charge in [0.15, 0.2) is 0 Å². The van der Waals surface area contributed by atoms with Crippen molar-refractivity contribution in [2.75, 3.05) is 5.32 Å². The minimum Gasteiger partial charge on any atom is -0.322 e. The molecule has 4 aromatic carbocycles. The normalized spacial score (nSPS) is 10.3. The topological polar surface area (TPSA) is 29.1 Å². The van der Waals surface area contributed by atoms with Gasteiger partial charge in [0.25, 0.3) is 5.91 Å². The Bertz CT molecular complexity index is 1050. The number of amides is 1. The first-order valence-corrected chi connectivity index (χ1v) is 9.17. The van der Waals surface area contributed by atoms with Gasteiger partial charge in [-0.1, -0.05) is 44.2 Å². The van der Waals surface area contributed by atoms with Crippen molar-refractivity contribution in [3.8, 4) is 0 Å². The largest absolute Gasteiger partial charge is 0.322 e. The maximum atomic E-state index is 12.5. The molecular weight excluding hydrogens is 338 g/mol. The van der Waals surface area contributed by atoms with E-state index in [1.165, 1.54) is 10.8 Å². The molecule has 0 saturated heterocycles. The number of anilines is 1. The number of hydrogen-bond donors (Lipinski definition) is 2. The van der Waals surface area contributed by atoms with Crippen LogP contribution in [0.2, 0.25) is 0 Å². The molecule has 4 aromatic rings. The van der Waals surface area contributed by atoms with E-state index in [4.69, 9.17) is 0 Å². The molecule has 26 heavy (non-hydrogen) atoms. The molecule has 0 spiro atoms. The van der Waals surface area contributed by atoms with Gasteiger partial charge in [0.1, 0.15) is 0 Å². The molecule has 4 rings (SSSR count). The van der Waals surface area contributed by atoms with Crippen LogP contribution in [-0.4, -0.2) is 5.91 Å². The van der Waals surface area contributed by atoms with E-state index in [1.54, 1.807) is 0 Å². The molecule has 2 nitrogen and oxygen atoms in total. The van der Waals surface area contributed by atoms with Gasteiger partial charge < -0.3 is 5.32 Å². The van der Waals surface area contributed by atoms with E-state index in [9.17, 15) is 4.79 Å². The second-order valence-corrected chi connectivity index (χ2v) is 6.28. The molecule has 130 valence electrons. The Balaban J connectivity index is 0.000000948. The quantitative estimate of drug-likeness (QED) is 0.308. The molecule has 0 heterocycles. The third-order valence-electron chi connectivity index (χ3n) is 4.09. The highest BCUT2D eigenvalue weighted by Gasteiger charge is 2.07. The van der Waals surface area contributed by atoms with Gasteiger partial charge in [0.2, 0.25) is 0 Å². The predicted octanol–water partition coefficient (Wildman–Crippen LogP) is 6.56. The van der Waals surface area contributed by atoms with Crippen LogP contribution >= 0.6 is 12.6 Å². The minimum atomic E-state index is -0.114. The molecule has 0 aliphatic carbocycles. The Morgan fingerprint density at radius 3 is 1.96 bits per heavy atom. The van der Waals surface area contributed by atoms with Crippen molar-refractivity contribution in [2.24, 2.45) is 0 Å². The first-order valence-electron chi connectivity index (χ1n) is 8.72. The van der Waals surface area contributed by atoms with Gasteiger partial charge in [0.05, 0.1) is 0 Å². The Kier molecular flexibility index (Phi) is 5.59. The molecule has 0 saturated carbocycles. The summed E-state index contributed by atoms with van der Waals surface area (Å²) in [6.07, 6.45) is 0. The monoisotopic (exact) mass is 359 g/mol. The first-order chi connectivity index (χ1) is 12.7. The number of carbonyl (C=O) groups is 1. The molecular formula is C23H21NOS. The van der Waals surface area contributed by atoms with Gasteiger partial charge in [-0.05, 0) is 70.1 Å². The molecule has 0 atom stereocenters. The van der Waals surface area contributed by atoms with Crippen molar-refractivity contribution in [1.29, 1.82) is 0 Å². The fraction of sp³-hybridized carbons (Fsp3) is 0.0870. The molecule has 1 amide bonds. The molecule has 0 unspecified atom stereocenters. The van der Waals surface area contributed by atoms with E-state index in [-0.39, 0.29) is 5.91 Å². The zero-order valence-corrected chi connectivity index (χ0v) is 15.8. The average molecular weight is 359 g/mol. The molecule has 0 bridgehead atoms. The van der Waals surface area contributed by atoms with Gasteiger partial charge in [-0.3, -0.25) is 4.79 Å². The number of carbonyl (C=O) groups excluding carboxylic acids is 1. The molecule has 0 aromatic heterocycles. The van der Waals surface area contributed by atoms with Crippen molar-refractivity contribution in [3.63, 3.8) is 0 Å². The lowest BCUT2D eigenvalue weighted by atomic mass is 10.0. The molecule has 0 aliphatic heterocycles. The molecule has 0 radical (unpaired) electrons. The Morgan fingerprint density at radius 1 is 0.731 bits per heavy atom. The molecule has 0 aliphatic rings. The second kappa shape index (κ2) is 8.07. The van der Waals surface area contributed by atoms with E-state index in [2.05, 4.69) is 42.2 Å². The van der Waals surface area contributed by atoms with Crippen molar-refractivity contribution in [2.45, 2.75) is 18.7 Å². The van der Waals surface area contributed by atoms with Gasteiger partial charge in [-0.25, -0.2) is 0 Å². The van der Waals surface area contributed by atoms with Crippen LogP contribution in [0.1, 0.15) is 24.2 Å². The van der Waals surface area contributed by atoms with Crippen LogP contribution in [0.5, 0.6) is 0 Å². The third kappa shape index (κ3) is 3.89. The fourth-order valence-corrected chi connectivity index (χ4v) is 2.98. The van der Waals surface area contributed by atoms with E-state index in [0.29, 0.717) is 5.56 Å².